The number of halogens is 1. The zero-order chi connectivity index (χ0) is 13.4. The molecule has 0 fully saturated rings. The Hall–Kier alpha value is -2.22. The van der Waals surface area contributed by atoms with Crippen molar-refractivity contribution >= 4 is 10.9 Å². The van der Waals surface area contributed by atoms with E-state index >= 15 is 0 Å². The molecule has 94 valence electrons. The number of hydrogen-bond acceptors (Lipinski definition) is 1. The second-order valence-corrected chi connectivity index (χ2v) is 4.88. The van der Waals surface area contributed by atoms with Crippen LogP contribution < -0.4 is 0 Å². The smallest absolute Gasteiger partial charge is 0.134 e. The molecule has 2 aromatic carbocycles. The van der Waals surface area contributed by atoms with Gasteiger partial charge in [-0.05, 0) is 32.0 Å². The molecule has 0 aliphatic heterocycles. The van der Waals surface area contributed by atoms with Crippen LogP contribution in [0.2, 0.25) is 0 Å². The fourth-order valence-electron chi connectivity index (χ4n) is 2.25. The van der Waals surface area contributed by atoms with Crippen molar-refractivity contribution in [1.82, 2.24) is 4.98 Å². The summed E-state index contributed by atoms with van der Waals surface area (Å²) in [4.78, 5) is 4.55. The summed E-state index contributed by atoms with van der Waals surface area (Å²) in [6.45, 7) is 3.97. The van der Waals surface area contributed by atoms with Gasteiger partial charge >= 0.3 is 0 Å². The summed E-state index contributed by atoms with van der Waals surface area (Å²) >= 11 is 0. The number of nitrogens with zero attached hydrogens (tertiary/aromatic N) is 1. The van der Waals surface area contributed by atoms with Crippen LogP contribution in [0.15, 0.2) is 48.5 Å². The summed E-state index contributed by atoms with van der Waals surface area (Å²) < 4.78 is 14.2. The highest BCUT2D eigenvalue weighted by atomic mass is 19.1. The van der Waals surface area contributed by atoms with Gasteiger partial charge in [-0.1, -0.05) is 35.4 Å². The monoisotopic (exact) mass is 251 g/mol. The minimum absolute atomic E-state index is 0.217. The van der Waals surface area contributed by atoms with Crippen LogP contribution in [0.5, 0.6) is 0 Å². The Kier molecular flexibility index (Phi) is 2.79. The average molecular weight is 251 g/mol. The van der Waals surface area contributed by atoms with E-state index in [2.05, 4.69) is 4.98 Å². The van der Waals surface area contributed by atoms with Gasteiger partial charge in [0.15, 0.2) is 0 Å². The number of hydrogen-bond donors (Lipinski definition) is 0. The molecule has 1 heterocycles. The molecule has 0 saturated heterocycles. The van der Waals surface area contributed by atoms with E-state index in [9.17, 15) is 4.39 Å². The molecule has 0 atom stereocenters. The lowest BCUT2D eigenvalue weighted by Gasteiger charge is -2.06. The fraction of sp³-hybridized carbons (Fsp3) is 0.118. The van der Waals surface area contributed by atoms with Crippen LogP contribution in [-0.2, 0) is 0 Å². The third-order valence-corrected chi connectivity index (χ3v) is 3.23. The molecule has 0 bridgehead atoms. The molecule has 3 rings (SSSR count). The first-order chi connectivity index (χ1) is 9.13. The topological polar surface area (TPSA) is 12.9 Å². The van der Waals surface area contributed by atoms with Crippen LogP contribution in [0.4, 0.5) is 4.39 Å². The fourth-order valence-corrected chi connectivity index (χ4v) is 2.25. The maximum atomic E-state index is 14.2. The molecule has 1 nitrogen and oxygen atoms in total. The second kappa shape index (κ2) is 4.47. The van der Waals surface area contributed by atoms with Gasteiger partial charge in [-0.3, -0.25) is 0 Å². The van der Waals surface area contributed by atoms with Crippen LogP contribution in [-0.4, -0.2) is 4.98 Å². The van der Waals surface area contributed by atoms with E-state index in [0.29, 0.717) is 16.6 Å². The van der Waals surface area contributed by atoms with E-state index in [1.807, 2.05) is 56.3 Å². The van der Waals surface area contributed by atoms with Gasteiger partial charge in [-0.2, -0.15) is 0 Å². The molecule has 19 heavy (non-hydrogen) atoms. The Labute approximate surface area is 111 Å². The minimum Gasteiger partial charge on any atom is -0.248 e. The Morgan fingerprint density at radius 1 is 0.895 bits per heavy atom. The largest absolute Gasteiger partial charge is 0.248 e. The zero-order valence-electron chi connectivity index (χ0n) is 10.9. The average Bonchev–Trinajstić information content (AvgIpc) is 2.39. The standard InChI is InChI=1S/C17H14FN/c1-11-4-3-5-13(8-11)17-10-15(18)14-9-12(2)6-7-16(14)19-17/h3-10H,1-2H3. The summed E-state index contributed by atoms with van der Waals surface area (Å²) in [6, 6.07) is 15.1. The Bertz CT molecular complexity index is 762. The zero-order valence-corrected chi connectivity index (χ0v) is 10.9. The number of benzene rings is 2. The summed E-state index contributed by atoms with van der Waals surface area (Å²) in [5.74, 6) is -0.217. The molecule has 0 radical (unpaired) electrons. The van der Waals surface area contributed by atoms with Gasteiger partial charge in [0.05, 0.1) is 11.2 Å². The van der Waals surface area contributed by atoms with E-state index < -0.39 is 0 Å². The molecule has 0 saturated carbocycles. The van der Waals surface area contributed by atoms with Crippen LogP contribution in [0.25, 0.3) is 22.2 Å². The van der Waals surface area contributed by atoms with Gasteiger partial charge in [-0.15, -0.1) is 0 Å². The van der Waals surface area contributed by atoms with Crippen LogP contribution in [0.1, 0.15) is 11.1 Å². The maximum absolute atomic E-state index is 14.2. The summed E-state index contributed by atoms with van der Waals surface area (Å²) in [6.07, 6.45) is 0. The number of fused-ring (bicyclic) bond motifs is 1. The van der Waals surface area contributed by atoms with E-state index in [1.165, 1.54) is 6.07 Å². The first-order valence-corrected chi connectivity index (χ1v) is 6.27. The van der Waals surface area contributed by atoms with Crippen LogP contribution in [0, 0.1) is 19.7 Å². The van der Waals surface area contributed by atoms with E-state index in [0.717, 1.165) is 16.7 Å². The molecular weight excluding hydrogens is 237 g/mol. The lowest BCUT2D eigenvalue weighted by atomic mass is 10.1. The lowest BCUT2D eigenvalue weighted by molar-refractivity contribution is 0.639. The molecule has 0 aliphatic carbocycles. The molecule has 0 amide bonds. The SMILES string of the molecule is Cc1cccc(-c2cc(F)c3cc(C)ccc3n2)c1. The van der Waals surface area contributed by atoms with E-state index in [1.54, 1.807) is 0 Å². The normalized spacial score (nSPS) is 10.9. The first-order valence-electron chi connectivity index (χ1n) is 6.27. The van der Waals surface area contributed by atoms with Crippen LogP contribution in [0.3, 0.4) is 0 Å². The van der Waals surface area contributed by atoms with Gasteiger partial charge in [0.2, 0.25) is 0 Å². The first kappa shape index (κ1) is 11.8. The highest BCUT2D eigenvalue weighted by Crippen LogP contribution is 2.25. The minimum atomic E-state index is -0.217. The van der Waals surface area contributed by atoms with Gasteiger partial charge < -0.3 is 0 Å². The summed E-state index contributed by atoms with van der Waals surface area (Å²) in [5.41, 5.74) is 4.50. The molecule has 3 aromatic rings. The van der Waals surface area contributed by atoms with Crippen molar-refractivity contribution in [1.29, 1.82) is 0 Å². The van der Waals surface area contributed by atoms with Crippen LogP contribution >= 0.6 is 0 Å². The summed E-state index contributed by atoms with van der Waals surface area (Å²) in [7, 11) is 0. The number of pyridine rings is 1. The second-order valence-electron chi connectivity index (χ2n) is 4.88. The molecule has 0 N–H and O–H groups in total. The number of aryl methyl sites for hydroxylation is 2. The number of aromatic nitrogens is 1. The highest BCUT2D eigenvalue weighted by Gasteiger charge is 2.07. The van der Waals surface area contributed by atoms with E-state index in [-0.39, 0.29) is 5.82 Å². The van der Waals surface area contributed by atoms with Gasteiger partial charge in [0, 0.05) is 17.0 Å². The molecule has 1 aromatic heterocycles. The Balaban J connectivity index is 2.24. The van der Waals surface area contributed by atoms with Gasteiger partial charge in [0.25, 0.3) is 0 Å². The molecule has 0 unspecified atom stereocenters. The third-order valence-electron chi connectivity index (χ3n) is 3.23. The maximum Gasteiger partial charge on any atom is 0.134 e. The van der Waals surface area contributed by atoms with Crippen molar-refractivity contribution in [2.75, 3.05) is 0 Å². The summed E-state index contributed by atoms with van der Waals surface area (Å²) in [5, 5.41) is 0.580. The third kappa shape index (κ3) is 2.22. The quantitative estimate of drug-likeness (QED) is 0.613. The van der Waals surface area contributed by atoms with Crippen molar-refractivity contribution < 1.29 is 4.39 Å². The van der Waals surface area contributed by atoms with Crippen molar-refractivity contribution in [2.24, 2.45) is 0 Å². The predicted octanol–water partition coefficient (Wildman–Crippen LogP) is 4.66. The van der Waals surface area contributed by atoms with Crippen molar-refractivity contribution in [3.05, 3.63) is 65.5 Å². The lowest BCUT2D eigenvalue weighted by Crippen LogP contribution is -1.90. The van der Waals surface area contributed by atoms with Crippen molar-refractivity contribution in [3.63, 3.8) is 0 Å². The molecule has 0 aliphatic rings. The van der Waals surface area contributed by atoms with Crippen molar-refractivity contribution in [2.45, 2.75) is 13.8 Å². The van der Waals surface area contributed by atoms with Crippen molar-refractivity contribution in [3.8, 4) is 11.3 Å². The predicted molar refractivity (Wildman–Crippen MR) is 76.6 cm³/mol. The van der Waals surface area contributed by atoms with Gasteiger partial charge in [-0.25, -0.2) is 9.37 Å². The highest BCUT2D eigenvalue weighted by molar-refractivity contribution is 5.83. The number of rotatable bonds is 1. The Morgan fingerprint density at radius 3 is 2.47 bits per heavy atom. The molecular formula is C17H14FN. The molecule has 0 spiro atoms. The molecule has 2 heteroatoms. The van der Waals surface area contributed by atoms with Gasteiger partial charge in [0.1, 0.15) is 5.82 Å². The van der Waals surface area contributed by atoms with E-state index in [4.69, 9.17) is 0 Å². The Morgan fingerprint density at radius 2 is 1.68 bits per heavy atom.